The van der Waals surface area contributed by atoms with E-state index in [-0.39, 0.29) is 23.3 Å². The van der Waals surface area contributed by atoms with Gasteiger partial charge in [0.05, 0.1) is 5.75 Å². The SMILES string of the molecule is Cc1oc(NC(=O)CSCC(N)C(=O)O)c(C#N)c1C. The van der Waals surface area contributed by atoms with E-state index < -0.39 is 12.0 Å². The molecule has 20 heavy (non-hydrogen) atoms. The fourth-order valence-corrected chi connectivity index (χ4v) is 2.13. The third-order valence-electron chi connectivity index (χ3n) is 2.60. The molecular weight excluding hydrogens is 282 g/mol. The second-order valence-corrected chi connectivity index (χ2v) is 5.14. The van der Waals surface area contributed by atoms with Gasteiger partial charge in [-0.2, -0.15) is 5.26 Å². The monoisotopic (exact) mass is 297 g/mol. The summed E-state index contributed by atoms with van der Waals surface area (Å²) in [5.41, 5.74) is 6.29. The van der Waals surface area contributed by atoms with Crippen LogP contribution < -0.4 is 11.1 Å². The van der Waals surface area contributed by atoms with E-state index >= 15 is 0 Å². The van der Waals surface area contributed by atoms with E-state index in [1.54, 1.807) is 13.8 Å². The smallest absolute Gasteiger partial charge is 0.321 e. The van der Waals surface area contributed by atoms with Crippen molar-refractivity contribution >= 4 is 29.5 Å². The van der Waals surface area contributed by atoms with Crippen molar-refractivity contribution in [1.82, 2.24) is 0 Å². The number of carboxylic acid groups (broad SMARTS) is 1. The van der Waals surface area contributed by atoms with Gasteiger partial charge in [-0.1, -0.05) is 0 Å². The van der Waals surface area contributed by atoms with Crippen LogP contribution >= 0.6 is 11.8 Å². The summed E-state index contributed by atoms with van der Waals surface area (Å²) in [6.45, 7) is 3.43. The summed E-state index contributed by atoms with van der Waals surface area (Å²) in [5, 5.41) is 20.1. The number of hydrogen-bond donors (Lipinski definition) is 3. The van der Waals surface area contributed by atoms with Gasteiger partial charge in [-0.25, -0.2) is 0 Å². The summed E-state index contributed by atoms with van der Waals surface area (Å²) in [6, 6.07) is 0.962. The average molecular weight is 297 g/mol. The van der Waals surface area contributed by atoms with Crippen molar-refractivity contribution in [2.75, 3.05) is 16.8 Å². The highest BCUT2D eigenvalue weighted by molar-refractivity contribution is 8.00. The Morgan fingerprint density at radius 2 is 2.20 bits per heavy atom. The lowest BCUT2D eigenvalue weighted by molar-refractivity contribution is -0.137. The number of nitriles is 1. The zero-order chi connectivity index (χ0) is 15.3. The van der Waals surface area contributed by atoms with E-state index in [4.69, 9.17) is 20.5 Å². The molecule has 0 bridgehead atoms. The average Bonchev–Trinajstić information content (AvgIpc) is 2.64. The number of carbonyl (C=O) groups is 2. The van der Waals surface area contributed by atoms with Crippen LogP contribution in [-0.4, -0.2) is 34.5 Å². The number of carboxylic acids is 1. The fourth-order valence-electron chi connectivity index (χ4n) is 1.36. The predicted molar refractivity (Wildman–Crippen MR) is 74.5 cm³/mol. The van der Waals surface area contributed by atoms with Gasteiger partial charge in [0.2, 0.25) is 11.8 Å². The minimum absolute atomic E-state index is 0.0324. The molecule has 8 heteroatoms. The minimum Gasteiger partial charge on any atom is -0.480 e. The van der Waals surface area contributed by atoms with E-state index in [1.165, 1.54) is 0 Å². The maximum absolute atomic E-state index is 11.7. The summed E-state index contributed by atoms with van der Waals surface area (Å²) in [5.74, 6) is -0.637. The molecule has 7 nitrogen and oxygen atoms in total. The van der Waals surface area contributed by atoms with Crippen molar-refractivity contribution in [3.8, 4) is 6.07 Å². The number of rotatable bonds is 6. The Kier molecular flexibility index (Phi) is 5.61. The lowest BCUT2D eigenvalue weighted by Gasteiger charge is -2.05. The second-order valence-electron chi connectivity index (χ2n) is 4.11. The number of anilines is 1. The maximum Gasteiger partial charge on any atom is 0.321 e. The normalized spacial score (nSPS) is 11.7. The van der Waals surface area contributed by atoms with Crippen molar-refractivity contribution in [3.05, 3.63) is 16.9 Å². The van der Waals surface area contributed by atoms with Crippen LogP contribution in [0, 0.1) is 25.2 Å². The molecule has 0 spiro atoms. The van der Waals surface area contributed by atoms with Gasteiger partial charge in [0, 0.05) is 11.3 Å². The van der Waals surface area contributed by atoms with Gasteiger partial charge < -0.3 is 15.3 Å². The molecule has 0 radical (unpaired) electrons. The van der Waals surface area contributed by atoms with E-state index in [9.17, 15) is 9.59 Å². The largest absolute Gasteiger partial charge is 0.480 e. The number of nitrogens with one attached hydrogen (secondary N) is 1. The number of aryl methyl sites for hydroxylation is 1. The number of carbonyl (C=O) groups excluding carboxylic acids is 1. The van der Waals surface area contributed by atoms with Crippen molar-refractivity contribution in [2.24, 2.45) is 5.73 Å². The highest BCUT2D eigenvalue weighted by atomic mass is 32.2. The molecular formula is C12H15N3O4S. The van der Waals surface area contributed by atoms with Crippen LogP contribution in [0.2, 0.25) is 0 Å². The van der Waals surface area contributed by atoms with Crippen LogP contribution in [0.25, 0.3) is 0 Å². The van der Waals surface area contributed by atoms with Gasteiger partial charge in [-0.05, 0) is 13.8 Å². The Labute approximate surface area is 120 Å². The summed E-state index contributed by atoms with van der Waals surface area (Å²) in [7, 11) is 0. The number of hydrogen-bond acceptors (Lipinski definition) is 6. The molecule has 1 aromatic heterocycles. The Hall–Kier alpha value is -1.98. The number of aliphatic carboxylic acids is 1. The Morgan fingerprint density at radius 1 is 1.55 bits per heavy atom. The first-order valence-electron chi connectivity index (χ1n) is 5.72. The van der Waals surface area contributed by atoms with Gasteiger partial charge in [0.15, 0.2) is 0 Å². The number of nitrogens with two attached hydrogens (primary N) is 1. The van der Waals surface area contributed by atoms with Crippen molar-refractivity contribution in [3.63, 3.8) is 0 Å². The van der Waals surface area contributed by atoms with E-state index in [2.05, 4.69) is 5.32 Å². The molecule has 1 unspecified atom stereocenters. The lowest BCUT2D eigenvalue weighted by Crippen LogP contribution is -2.33. The minimum atomic E-state index is -1.11. The van der Waals surface area contributed by atoms with Gasteiger partial charge in [-0.3, -0.25) is 14.9 Å². The number of nitrogens with zero attached hydrogens (tertiary/aromatic N) is 1. The Morgan fingerprint density at radius 3 is 2.75 bits per heavy atom. The topological polar surface area (TPSA) is 129 Å². The van der Waals surface area contributed by atoms with Gasteiger partial charge >= 0.3 is 5.97 Å². The Bertz CT molecular complexity index is 562. The van der Waals surface area contributed by atoms with Gasteiger partial charge in [-0.15, -0.1) is 11.8 Å². The Balaban J connectivity index is 2.54. The van der Waals surface area contributed by atoms with Crippen LogP contribution in [0.15, 0.2) is 4.42 Å². The molecule has 0 aromatic carbocycles. The molecule has 1 rings (SSSR count). The zero-order valence-corrected chi connectivity index (χ0v) is 11.9. The fraction of sp³-hybridized carbons (Fsp3) is 0.417. The van der Waals surface area contributed by atoms with E-state index in [0.29, 0.717) is 16.9 Å². The molecule has 1 aromatic rings. The maximum atomic E-state index is 11.7. The molecule has 0 saturated carbocycles. The highest BCUT2D eigenvalue weighted by Gasteiger charge is 2.17. The predicted octanol–water partition coefficient (Wildman–Crippen LogP) is 0.852. The molecule has 0 saturated heterocycles. The van der Waals surface area contributed by atoms with Crippen molar-refractivity contribution in [2.45, 2.75) is 19.9 Å². The molecule has 0 aliphatic carbocycles. The molecule has 1 heterocycles. The standard InChI is InChI=1S/C12H15N3O4S/c1-6-7(2)19-11(8(6)3-13)15-10(16)5-20-4-9(14)12(17)18/h9H,4-5,14H2,1-2H3,(H,15,16)(H,17,18). The summed E-state index contributed by atoms with van der Waals surface area (Å²) in [6.07, 6.45) is 0. The third-order valence-corrected chi connectivity index (χ3v) is 3.66. The van der Waals surface area contributed by atoms with Crippen LogP contribution in [0.1, 0.15) is 16.9 Å². The van der Waals surface area contributed by atoms with E-state index in [0.717, 1.165) is 11.8 Å². The quantitative estimate of drug-likeness (QED) is 0.709. The molecule has 1 atom stereocenters. The van der Waals surface area contributed by atoms with Gasteiger partial charge in [0.1, 0.15) is 23.4 Å². The molecule has 0 aliphatic rings. The number of thioether (sulfide) groups is 1. The van der Waals surface area contributed by atoms with Crippen LogP contribution in [0.4, 0.5) is 5.88 Å². The zero-order valence-electron chi connectivity index (χ0n) is 11.1. The first-order chi connectivity index (χ1) is 9.36. The van der Waals surface area contributed by atoms with Crippen LogP contribution in [-0.2, 0) is 9.59 Å². The second kappa shape index (κ2) is 6.98. The molecule has 108 valence electrons. The van der Waals surface area contributed by atoms with Crippen molar-refractivity contribution in [1.29, 1.82) is 5.26 Å². The molecule has 0 fully saturated rings. The molecule has 1 amide bonds. The molecule has 0 aliphatic heterocycles. The summed E-state index contributed by atoms with van der Waals surface area (Å²) >= 11 is 1.10. The highest BCUT2D eigenvalue weighted by Crippen LogP contribution is 2.25. The molecule has 4 N–H and O–H groups in total. The first-order valence-corrected chi connectivity index (χ1v) is 6.88. The first kappa shape index (κ1) is 16.1. The van der Waals surface area contributed by atoms with Gasteiger partial charge in [0.25, 0.3) is 0 Å². The third kappa shape index (κ3) is 4.01. The number of amides is 1. The summed E-state index contributed by atoms with van der Waals surface area (Å²) in [4.78, 5) is 22.2. The summed E-state index contributed by atoms with van der Waals surface area (Å²) < 4.78 is 5.29. The number of furan rings is 1. The van der Waals surface area contributed by atoms with Crippen LogP contribution in [0.3, 0.4) is 0 Å². The lowest BCUT2D eigenvalue weighted by atomic mass is 10.2. The van der Waals surface area contributed by atoms with Crippen LogP contribution in [0.5, 0.6) is 0 Å². The van der Waals surface area contributed by atoms with Crippen molar-refractivity contribution < 1.29 is 19.1 Å². The van der Waals surface area contributed by atoms with E-state index in [1.807, 2.05) is 6.07 Å².